The molecule has 4 nitrogen and oxygen atoms in total. The van der Waals surface area contributed by atoms with Crippen molar-refractivity contribution in [2.24, 2.45) is 0 Å². The van der Waals surface area contributed by atoms with Crippen molar-refractivity contribution < 1.29 is 9.18 Å². The summed E-state index contributed by atoms with van der Waals surface area (Å²) in [5.74, 6) is -0.943. The normalized spacial score (nSPS) is 10.2. The number of rotatable bonds is 2. The van der Waals surface area contributed by atoms with E-state index >= 15 is 0 Å². The maximum absolute atomic E-state index is 13.5. The van der Waals surface area contributed by atoms with Gasteiger partial charge in [0, 0.05) is 4.47 Å². The van der Waals surface area contributed by atoms with Crippen molar-refractivity contribution in [1.29, 1.82) is 0 Å². The van der Waals surface area contributed by atoms with E-state index in [1.165, 1.54) is 24.5 Å². The van der Waals surface area contributed by atoms with Gasteiger partial charge in [0.25, 0.3) is 5.91 Å². The molecule has 0 spiro atoms. The molecule has 1 aromatic heterocycles. The number of amides is 1. The van der Waals surface area contributed by atoms with E-state index in [0.717, 1.165) is 0 Å². The van der Waals surface area contributed by atoms with E-state index in [0.29, 0.717) is 9.08 Å². The van der Waals surface area contributed by atoms with Crippen molar-refractivity contribution in [1.82, 2.24) is 9.97 Å². The summed E-state index contributed by atoms with van der Waals surface area (Å²) in [6.45, 7) is 0. The van der Waals surface area contributed by atoms with Crippen LogP contribution in [0.3, 0.4) is 0 Å². The zero-order valence-corrected chi connectivity index (χ0v) is 12.0. The molecule has 2 aromatic rings. The van der Waals surface area contributed by atoms with Crippen LogP contribution in [0.4, 0.5) is 10.2 Å². The Labute approximate surface area is 119 Å². The lowest BCUT2D eigenvalue weighted by atomic mass is 10.2. The van der Waals surface area contributed by atoms with Gasteiger partial charge in [0.1, 0.15) is 10.4 Å². The van der Waals surface area contributed by atoms with Crippen molar-refractivity contribution in [3.8, 4) is 0 Å². The molecule has 0 aliphatic heterocycles. The molecular weight excluding hydrogens is 369 g/mol. The number of carbonyl (C=O) groups excluding carboxylic acids is 1. The maximum atomic E-state index is 13.5. The number of benzene rings is 1. The fourth-order valence-electron chi connectivity index (χ4n) is 1.27. The Bertz CT molecular complexity index is 569. The van der Waals surface area contributed by atoms with Crippen LogP contribution in [0.15, 0.2) is 39.7 Å². The van der Waals surface area contributed by atoms with Gasteiger partial charge in [-0.1, -0.05) is 6.07 Å². The van der Waals surface area contributed by atoms with Crippen LogP contribution in [0.1, 0.15) is 10.4 Å². The van der Waals surface area contributed by atoms with Crippen LogP contribution in [0.2, 0.25) is 0 Å². The first kappa shape index (κ1) is 13.1. The predicted octanol–water partition coefficient (Wildman–Crippen LogP) is 3.39. The minimum absolute atomic E-state index is 0.0674. The third kappa shape index (κ3) is 2.91. The first-order chi connectivity index (χ1) is 8.58. The summed E-state index contributed by atoms with van der Waals surface area (Å²) in [7, 11) is 0. The number of carbonyl (C=O) groups is 1. The molecule has 1 aromatic carbocycles. The highest BCUT2D eigenvalue weighted by Crippen LogP contribution is 2.20. The van der Waals surface area contributed by atoms with Crippen LogP contribution in [0, 0.1) is 5.82 Å². The quantitative estimate of drug-likeness (QED) is 0.876. The topological polar surface area (TPSA) is 54.9 Å². The molecule has 0 saturated heterocycles. The third-order valence-corrected chi connectivity index (χ3v) is 3.12. The maximum Gasteiger partial charge on any atom is 0.260 e. The lowest BCUT2D eigenvalue weighted by molar-refractivity contribution is 0.102. The molecule has 1 heterocycles. The van der Waals surface area contributed by atoms with Crippen molar-refractivity contribution in [2.75, 3.05) is 5.32 Å². The molecule has 1 N–H and O–H groups in total. The number of nitrogens with zero attached hydrogens (tertiary/aromatic N) is 2. The number of nitrogens with one attached hydrogen (secondary N) is 1. The average Bonchev–Trinajstić information content (AvgIpc) is 2.32. The number of hydrogen-bond acceptors (Lipinski definition) is 3. The molecule has 0 radical (unpaired) electrons. The van der Waals surface area contributed by atoms with Gasteiger partial charge in [-0.25, -0.2) is 14.4 Å². The molecule has 92 valence electrons. The van der Waals surface area contributed by atoms with Gasteiger partial charge < -0.3 is 5.32 Å². The Morgan fingerprint density at radius 2 is 2.00 bits per heavy atom. The summed E-state index contributed by atoms with van der Waals surface area (Å²) < 4.78 is 14.5. The van der Waals surface area contributed by atoms with Gasteiger partial charge in [0.2, 0.25) is 0 Å². The van der Waals surface area contributed by atoms with E-state index in [-0.39, 0.29) is 11.4 Å². The van der Waals surface area contributed by atoms with Gasteiger partial charge in [-0.15, -0.1) is 0 Å². The average molecular weight is 375 g/mol. The second-order valence-electron chi connectivity index (χ2n) is 3.28. The largest absolute Gasteiger partial charge is 0.305 e. The lowest BCUT2D eigenvalue weighted by Crippen LogP contribution is -2.15. The summed E-state index contributed by atoms with van der Waals surface area (Å²) in [6, 6.07) is 4.31. The zero-order valence-electron chi connectivity index (χ0n) is 8.82. The van der Waals surface area contributed by atoms with E-state index in [1.807, 2.05) is 0 Å². The second kappa shape index (κ2) is 5.53. The minimum atomic E-state index is -0.605. The van der Waals surface area contributed by atoms with Gasteiger partial charge in [-0.2, -0.15) is 0 Å². The van der Waals surface area contributed by atoms with Crippen molar-refractivity contribution >= 4 is 43.6 Å². The summed E-state index contributed by atoms with van der Waals surface area (Å²) in [5.41, 5.74) is -0.0674. The molecule has 7 heteroatoms. The van der Waals surface area contributed by atoms with Crippen LogP contribution in [0.25, 0.3) is 0 Å². The molecular formula is C11H6Br2FN3O. The van der Waals surface area contributed by atoms with Crippen LogP contribution in [0.5, 0.6) is 0 Å². The monoisotopic (exact) mass is 373 g/mol. The summed E-state index contributed by atoms with van der Waals surface area (Å²) in [4.78, 5) is 19.7. The van der Waals surface area contributed by atoms with Crippen molar-refractivity contribution in [3.63, 3.8) is 0 Å². The standard InChI is InChI=1S/C11H6Br2FN3O/c12-6-2-1-3-7(14)10(6)11(18)17-9-5-15-8(13)4-16-9/h1-5H,(H,16,17,18). The van der Waals surface area contributed by atoms with Gasteiger partial charge in [-0.3, -0.25) is 4.79 Å². The number of hydrogen-bond donors (Lipinski definition) is 1. The molecule has 2 rings (SSSR count). The molecule has 0 fully saturated rings. The van der Waals surface area contributed by atoms with Crippen LogP contribution in [-0.2, 0) is 0 Å². The highest BCUT2D eigenvalue weighted by atomic mass is 79.9. The Kier molecular flexibility index (Phi) is 4.03. The summed E-state index contributed by atoms with van der Waals surface area (Å²) in [6.07, 6.45) is 2.81. The summed E-state index contributed by atoms with van der Waals surface area (Å²) >= 11 is 6.25. The van der Waals surface area contributed by atoms with Gasteiger partial charge in [-0.05, 0) is 44.0 Å². The first-order valence-electron chi connectivity index (χ1n) is 4.81. The number of halogens is 3. The van der Waals surface area contributed by atoms with E-state index in [9.17, 15) is 9.18 Å². The zero-order chi connectivity index (χ0) is 13.1. The third-order valence-electron chi connectivity index (χ3n) is 2.05. The van der Waals surface area contributed by atoms with E-state index < -0.39 is 11.7 Å². The fourth-order valence-corrected chi connectivity index (χ4v) is 2.00. The van der Waals surface area contributed by atoms with Crippen molar-refractivity contribution in [3.05, 3.63) is 51.0 Å². The molecule has 0 aliphatic rings. The SMILES string of the molecule is O=C(Nc1cnc(Br)cn1)c1c(F)cccc1Br. The first-order valence-corrected chi connectivity index (χ1v) is 6.39. The Morgan fingerprint density at radius 1 is 1.22 bits per heavy atom. The van der Waals surface area contributed by atoms with E-state index in [2.05, 4.69) is 47.1 Å². The van der Waals surface area contributed by atoms with Gasteiger partial charge >= 0.3 is 0 Å². The second-order valence-corrected chi connectivity index (χ2v) is 4.94. The molecule has 18 heavy (non-hydrogen) atoms. The van der Waals surface area contributed by atoms with Gasteiger partial charge in [0.15, 0.2) is 5.82 Å². The highest BCUT2D eigenvalue weighted by Gasteiger charge is 2.15. The molecule has 0 unspecified atom stereocenters. The van der Waals surface area contributed by atoms with Crippen molar-refractivity contribution in [2.45, 2.75) is 0 Å². The Hall–Kier alpha value is -1.34. The Morgan fingerprint density at radius 3 is 2.61 bits per heavy atom. The predicted molar refractivity (Wildman–Crippen MR) is 71.8 cm³/mol. The van der Waals surface area contributed by atoms with Crippen LogP contribution in [-0.4, -0.2) is 15.9 Å². The molecule has 0 bridgehead atoms. The molecule has 0 atom stereocenters. The van der Waals surface area contributed by atoms with E-state index in [1.54, 1.807) is 6.07 Å². The minimum Gasteiger partial charge on any atom is -0.305 e. The van der Waals surface area contributed by atoms with E-state index in [4.69, 9.17) is 0 Å². The lowest BCUT2D eigenvalue weighted by Gasteiger charge is -2.06. The van der Waals surface area contributed by atoms with Crippen LogP contribution >= 0.6 is 31.9 Å². The number of aromatic nitrogens is 2. The smallest absolute Gasteiger partial charge is 0.260 e. The Balaban J connectivity index is 2.25. The molecule has 0 saturated carbocycles. The summed E-state index contributed by atoms with van der Waals surface area (Å²) in [5, 5.41) is 2.46. The molecule has 0 aliphatic carbocycles. The fraction of sp³-hybridized carbons (Fsp3) is 0. The molecule has 1 amide bonds. The number of anilines is 1. The van der Waals surface area contributed by atoms with Crippen LogP contribution < -0.4 is 5.32 Å². The highest BCUT2D eigenvalue weighted by molar-refractivity contribution is 9.10. The van der Waals surface area contributed by atoms with Gasteiger partial charge in [0.05, 0.1) is 18.0 Å².